The number of nitrogens with one attached hydrogen (secondary N) is 2. The number of aromatic nitrogens is 4. The van der Waals surface area contributed by atoms with E-state index in [0.717, 1.165) is 56.6 Å². The molecule has 3 aromatic rings. The van der Waals surface area contributed by atoms with Crippen LogP contribution in [0.5, 0.6) is 0 Å². The Morgan fingerprint density at radius 3 is 2.61 bits per heavy atom. The van der Waals surface area contributed by atoms with Crippen molar-refractivity contribution in [2.75, 3.05) is 44.3 Å². The van der Waals surface area contributed by atoms with Crippen molar-refractivity contribution < 1.29 is 22.7 Å². The number of benzene rings is 1. The van der Waals surface area contributed by atoms with E-state index in [4.69, 9.17) is 4.74 Å². The van der Waals surface area contributed by atoms with Crippen molar-refractivity contribution >= 4 is 22.6 Å². The van der Waals surface area contributed by atoms with Crippen LogP contribution in [0.1, 0.15) is 31.5 Å². The van der Waals surface area contributed by atoms with Gasteiger partial charge in [-0.05, 0) is 44.0 Å². The van der Waals surface area contributed by atoms with Gasteiger partial charge < -0.3 is 14.6 Å². The Labute approximate surface area is 188 Å². The van der Waals surface area contributed by atoms with Crippen LogP contribution in [-0.2, 0) is 21.1 Å². The average Bonchev–Trinajstić information content (AvgIpc) is 3.46. The van der Waals surface area contributed by atoms with E-state index in [0.29, 0.717) is 17.6 Å². The summed E-state index contributed by atoms with van der Waals surface area (Å²) in [5, 5.41) is 5.74. The largest absolute Gasteiger partial charge is 0.435 e. The Hall–Kier alpha value is -2.92. The number of fused-ring (bicyclic) bond motifs is 2. The van der Waals surface area contributed by atoms with Gasteiger partial charge in [-0.2, -0.15) is 18.3 Å². The molecule has 176 valence electrons. The summed E-state index contributed by atoms with van der Waals surface area (Å²) in [6.45, 7) is 8.53. The third-order valence-corrected chi connectivity index (χ3v) is 6.43. The number of carbonyl (C=O) groups excluding carboxylic acids is 1. The maximum atomic E-state index is 13.2. The molecular formula is C22H25F3N6O2. The van der Waals surface area contributed by atoms with Crippen molar-refractivity contribution in [3.63, 3.8) is 0 Å². The van der Waals surface area contributed by atoms with E-state index in [9.17, 15) is 18.0 Å². The molecule has 0 saturated carbocycles. The Kier molecular flexibility index (Phi) is 5.20. The number of aromatic amines is 2. The smallest absolute Gasteiger partial charge is 0.379 e. The second kappa shape index (κ2) is 7.84. The molecule has 1 fully saturated rings. The zero-order valence-electron chi connectivity index (χ0n) is 18.4. The lowest BCUT2D eigenvalue weighted by Gasteiger charge is -2.27. The summed E-state index contributed by atoms with van der Waals surface area (Å²) in [7, 11) is 0. The number of alkyl halides is 3. The van der Waals surface area contributed by atoms with Gasteiger partial charge in [0.25, 0.3) is 0 Å². The third kappa shape index (κ3) is 3.89. The van der Waals surface area contributed by atoms with E-state index in [2.05, 4.69) is 25.1 Å². The zero-order valence-corrected chi connectivity index (χ0v) is 18.4. The van der Waals surface area contributed by atoms with Gasteiger partial charge in [0.1, 0.15) is 5.69 Å². The van der Waals surface area contributed by atoms with Crippen LogP contribution in [0.15, 0.2) is 18.2 Å². The summed E-state index contributed by atoms with van der Waals surface area (Å²) in [5.74, 6) is 0.301. The van der Waals surface area contributed by atoms with Gasteiger partial charge >= 0.3 is 6.18 Å². The molecule has 5 rings (SSSR count). The predicted molar refractivity (Wildman–Crippen MR) is 116 cm³/mol. The van der Waals surface area contributed by atoms with Gasteiger partial charge in [0.2, 0.25) is 5.91 Å². The molecule has 0 atom stereocenters. The molecule has 2 aromatic heterocycles. The van der Waals surface area contributed by atoms with Gasteiger partial charge in [0.05, 0.1) is 35.3 Å². The molecule has 11 heteroatoms. The number of hydrogen-bond donors (Lipinski definition) is 2. The standard InChI is InChI=1S/C22H25F3N6O2/c1-21(2)13-10-14-15(27-19(26-14)16-12-18(29-28-16)22(23,24)25)11-17(13)31(20(21)32)5-3-4-30-6-8-33-9-7-30/h10-12H,3-9H2,1-2H3,(H,26,27)(H,28,29). The first-order valence-electron chi connectivity index (χ1n) is 10.9. The molecule has 33 heavy (non-hydrogen) atoms. The minimum absolute atomic E-state index is 0.0377. The van der Waals surface area contributed by atoms with Gasteiger partial charge in [0, 0.05) is 26.2 Å². The van der Waals surface area contributed by atoms with Crippen LogP contribution in [0, 0.1) is 0 Å². The fraction of sp³-hybridized carbons (Fsp3) is 0.500. The summed E-state index contributed by atoms with van der Waals surface area (Å²) in [6.07, 6.45) is -3.70. The van der Waals surface area contributed by atoms with Crippen LogP contribution in [-0.4, -0.2) is 70.4 Å². The number of imidazole rings is 1. The zero-order chi connectivity index (χ0) is 23.4. The van der Waals surface area contributed by atoms with E-state index < -0.39 is 17.3 Å². The molecule has 1 amide bonds. The number of halogens is 3. The first kappa shape index (κ1) is 21.9. The summed E-state index contributed by atoms with van der Waals surface area (Å²) < 4.78 is 44.1. The Bertz CT molecular complexity index is 1190. The van der Waals surface area contributed by atoms with E-state index in [1.54, 1.807) is 0 Å². The number of H-pyrrole nitrogens is 2. The number of anilines is 1. The van der Waals surface area contributed by atoms with Crippen molar-refractivity contribution in [3.05, 3.63) is 29.5 Å². The highest BCUT2D eigenvalue weighted by atomic mass is 19.4. The summed E-state index contributed by atoms with van der Waals surface area (Å²) in [5.41, 5.74) is 1.36. The SMILES string of the molecule is CC1(C)C(=O)N(CCCN2CCOCC2)c2cc3nc(-c4cc(C(F)(F)F)n[nH]4)[nH]c3cc21. The number of carbonyl (C=O) groups is 1. The molecule has 0 bridgehead atoms. The van der Waals surface area contributed by atoms with Crippen LogP contribution < -0.4 is 4.90 Å². The van der Waals surface area contributed by atoms with Crippen molar-refractivity contribution in [3.8, 4) is 11.5 Å². The van der Waals surface area contributed by atoms with Crippen molar-refractivity contribution in [1.29, 1.82) is 0 Å². The number of hydrogen-bond acceptors (Lipinski definition) is 5. The van der Waals surface area contributed by atoms with Gasteiger partial charge in [-0.25, -0.2) is 4.98 Å². The van der Waals surface area contributed by atoms with Crippen LogP contribution in [0.2, 0.25) is 0 Å². The molecule has 2 aliphatic heterocycles. The molecule has 0 aliphatic carbocycles. The topological polar surface area (TPSA) is 90.1 Å². The highest BCUT2D eigenvalue weighted by Gasteiger charge is 2.44. The Morgan fingerprint density at radius 2 is 1.91 bits per heavy atom. The lowest BCUT2D eigenvalue weighted by molar-refractivity contribution is -0.141. The fourth-order valence-corrected chi connectivity index (χ4v) is 4.55. The van der Waals surface area contributed by atoms with Crippen LogP contribution in [0.4, 0.5) is 18.9 Å². The minimum atomic E-state index is -4.53. The number of rotatable bonds is 5. The average molecular weight is 462 g/mol. The number of nitrogens with zero attached hydrogens (tertiary/aromatic N) is 4. The number of amides is 1. The quantitative estimate of drug-likeness (QED) is 0.607. The molecule has 0 radical (unpaired) electrons. The van der Waals surface area contributed by atoms with Crippen LogP contribution in [0.25, 0.3) is 22.6 Å². The van der Waals surface area contributed by atoms with Crippen LogP contribution >= 0.6 is 0 Å². The summed E-state index contributed by atoms with van der Waals surface area (Å²) in [6, 6.07) is 4.64. The Balaban J connectivity index is 1.42. The van der Waals surface area contributed by atoms with E-state index in [1.807, 2.05) is 30.9 Å². The molecule has 4 heterocycles. The van der Waals surface area contributed by atoms with Crippen molar-refractivity contribution in [1.82, 2.24) is 25.1 Å². The van der Waals surface area contributed by atoms with Crippen LogP contribution in [0.3, 0.4) is 0 Å². The molecule has 0 unspecified atom stereocenters. The molecular weight excluding hydrogens is 437 g/mol. The van der Waals surface area contributed by atoms with Gasteiger partial charge in [-0.15, -0.1) is 0 Å². The first-order valence-corrected chi connectivity index (χ1v) is 10.9. The molecule has 1 saturated heterocycles. The summed E-state index contributed by atoms with van der Waals surface area (Å²) in [4.78, 5) is 24.9. The van der Waals surface area contributed by atoms with Gasteiger partial charge in [0.15, 0.2) is 11.5 Å². The highest BCUT2D eigenvalue weighted by molar-refractivity contribution is 6.09. The monoisotopic (exact) mass is 462 g/mol. The maximum absolute atomic E-state index is 13.2. The fourth-order valence-electron chi connectivity index (χ4n) is 4.55. The van der Waals surface area contributed by atoms with Crippen molar-refractivity contribution in [2.45, 2.75) is 31.9 Å². The van der Waals surface area contributed by atoms with Crippen molar-refractivity contribution in [2.24, 2.45) is 0 Å². The van der Waals surface area contributed by atoms with E-state index >= 15 is 0 Å². The second-order valence-electron chi connectivity index (χ2n) is 9.03. The van der Waals surface area contributed by atoms with E-state index in [1.165, 1.54) is 0 Å². The molecule has 0 spiro atoms. The molecule has 2 N–H and O–H groups in total. The van der Waals surface area contributed by atoms with E-state index in [-0.39, 0.29) is 17.4 Å². The lowest BCUT2D eigenvalue weighted by atomic mass is 9.86. The van der Waals surface area contributed by atoms with Gasteiger partial charge in [-0.3, -0.25) is 14.8 Å². The number of morpholine rings is 1. The molecule has 1 aromatic carbocycles. The van der Waals surface area contributed by atoms with Gasteiger partial charge in [-0.1, -0.05) is 0 Å². The number of ether oxygens (including phenoxy) is 1. The first-order chi connectivity index (χ1) is 15.6. The normalized spacial score (nSPS) is 18.9. The summed E-state index contributed by atoms with van der Waals surface area (Å²) >= 11 is 0. The highest BCUT2D eigenvalue weighted by Crippen LogP contribution is 2.43. The molecule has 2 aliphatic rings. The Morgan fingerprint density at radius 1 is 1.15 bits per heavy atom. The lowest BCUT2D eigenvalue weighted by Crippen LogP contribution is -2.40. The second-order valence-corrected chi connectivity index (χ2v) is 9.03. The predicted octanol–water partition coefficient (Wildman–Crippen LogP) is 3.32. The molecule has 8 nitrogen and oxygen atoms in total. The minimum Gasteiger partial charge on any atom is -0.379 e. The third-order valence-electron chi connectivity index (χ3n) is 6.43. The maximum Gasteiger partial charge on any atom is 0.435 e.